The first-order valence-electron chi connectivity index (χ1n) is 11.4. The highest BCUT2D eigenvalue weighted by molar-refractivity contribution is 7.80. The molecule has 0 spiro atoms. The molecule has 0 radical (unpaired) electrons. The molecule has 6 heteroatoms. The van der Waals surface area contributed by atoms with Crippen molar-refractivity contribution in [1.82, 2.24) is 19.8 Å². The molecule has 2 fully saturated rings. The number of rotatable bonds is 4. The minimum Gasteiger partial charge on any atom is -0.352 e. The minimum atomic E-state index is 0.0266. The molecule has 1 aromatic carbocycles. The number of nitrogens with zero attached hydrogens (tertiary/aromatic N) is 3. The zero-order chi connectivity index (χ0) is 22.4. The van der Waals surface area contributed by atoms with Gasteiger partial charge in [-0.25, -0.2) is 0 Å². The van der Waals surface area contributed by atoms with Gasteiger partial charge in [0.05, 0.1) is 17.8 Å². The van der Waals surface area contributed by atoms with Crippen molar-refractivity contribution in [1.29, 1.82) is 0 Å². The number of aryl methyl sites for hydroxylation is 2. The van der Waals surface area contributed by atoms with Crippen LogP contribution < -0.4 is 5.32 Å². The lowest BCUT2D eigenvalue weighted by Crippen LogP contribution is -2.37. The third kappa shape index (κ3) is 3.61. The van der Waals surface area contributed by atoms with Crippen molar-refractivity contribution in [2.24, 2.45) is 0 Å². The van der Waals surface area contributed by atoms with Crippen LogP contribution in [0.1, 0.15) is 66.0 Å². The van der Waals surface area contributed by atoms with Crippen LogP contribution in [0.4, 0.5) is 0 Å². The van der Waals surface area contributed by atoms with E-state index in [1.807, 2.05) is 18.3 Å². The number of hydrogen-bond acceptors (Lipinski definition) is 2. The Bertz CT molecular complexity index is 1150. The summed E-state index contributed by atoms with van der Waals surface area (Å²) in [6.07, 6.45) is 6.80. The molecule has 2 aliphatic rings. The minimum absolute atomic E-state index is 0.0266. The van der Waals surface area contributed by atoms with E-state index in [1.165, 1.54) is 48.2 Å². The molecule has 3 aromatic rings. The van der Waals surface area contributed by atoms with Gasteiger partial charge in [0, 0.05) is 34.3 Å². The van der Waals surface area contributed by atoms with Gasteiger partial charge in [-0.05, 0) is 87.3 Å². The third-order valence-corrected chi connectivity index (χ3v) is 7.62. The molecule has 166 valence electrons. The smallest absolute Gasteiger partial charge is 0.170 e. The summed E-state index contributed by atoms with van der Waals surface area (Å²) in [4.78, 5) is 7.17. The molecule has 1 saturated carbocycles. The zero-order valence-corrected chi connectivity index (χ0v) is 20.4. The Morgan fingerprint density at radius 2 is 1.84 bits per heavy atom. The first-order valence-corrected chi connectivity index (χ1v) is 12.2. The quantitative estimate of drug-likeness (QED) is 0.455. The van der Waals surface area contributed by atoms with Crippen molar-refractivity contribution >= 4 is 28.9 Å². The van der Waals surface area contributed by atoms with Crippen molar-refractivity contribution in [2.75, 3.05) is 0 Å². The van der Waals surface area contributed by atoms with Gasteiger partial charge in [0.1, 0.15) is 0 Å². The van der Waals surface area contributed by atoms with Gasteiger partial charge >= 0.3 is 0 Å². The summed E-state index contributed by atoms with van der Waals surface area (Å²) < 4.78 is 2.33. The van der Waals surface area contributed by atoms with Crippen molar-refractivity contribution in [2.45, 2.75) is 64.6 Å². The van der Waals surface area contributed by atoms with E-state index in [0.29, 0.717) is 6.04 Å². The van der Waals surface area contributed by atoms with Crippen LogP contribution in [0.2, 0.25) is 5.02 Å². The Morgan fingerprint density at radius 1 is 1.06 bits per heavy atom. The third-order valence-electron chi connectivity index (χ3n) is 7.05. The Labute approximate surface area is 200 Å². The number of hydrogen-bond donors (Lipinski definition) is 1. The highest BCUT2D eigenvalue weighted by atomic mass is 35.5. The van der Waals surface area contributed by atoms with Gasteiger partial charge in [-0.15, -0.1) is 0 Å². The molecule has 0 bridgehead atoms. The standard InChI is InChI=1S/C26H29ClN4S/c1-16-11-12-19(27)15-23(16)30-17(2)14-21(18(30)3)25-24(22-10-6-7-13-28-22)29-26(32)31(25)20-8-4-5-9-20/h6-7,10-15,20,24-25H,4-5,8-9H2,1-3H3,(H,29,32)/t24-,25-/m0/s1. The van der Waals surface area contributed by atoms with Crippen LogP contribution >= 0.6 is 23.8 Å². The normalized spacial score (nSPS) is 21.4. The molecule has 3 heterocycles. The number of thiocarbonyl (C=S) groups is 1. The number of nitrogens with one attached hydrogen (secondary N) is 1. The molecule has 0 amide bonds. The summed E-state index contributed by atoms with van der Waals surface area (Å²) in [7, 11) is 0. The lowest BCUT2D eigenvalue weighted by Gasteiger charge is -2.33. The molecule has 2 aromatic heterocycles. The molecular weight excluding hydrogens is 436 g/mol. The lowest BCUT2D eigenvalue weighted by atomic mass is 9.95. The molecule has 4 nitrogen and oxygen atoms in total. The van der Waals surface area contributed by atoms with Crippen molar-refractivity contribution in [3.8, 4) is 5.69 Å². The second kappa shape index (κ2) is 8.53. The van der Waals surface area contributed by atoms with E-state index in [1.54, 1.807) is 0 Å². The van der Waals surface area contributed by atoms with Gasteiger partial charge < -0.3 is 14.8 Å². The fourth-order valence-corrected chi connectivity index (χ4v) is 6.11. The Morgan fingerprint density at radius 3 is 2.56 bits per heavy atom. The average molecular weight is 465 g/mol. The largest absolute Gasteiger partial charge is 0.352 e. The Hall–Kier alpha value is -2.37. The summed E-state index contributed by atoms with van der Waals surface area (Å²) >= 11 is 12.3. The van der Waals surface area contributed by atoms with E-state index in [-0.39, 0.29) is 12.1 Å². The second-order valence-corrected chi connectivity index (χ2v) is 9.89. The van der Waals surface area contributed by atoms with Gasteiger partial charge in [0.15, 0.2) is 5.11 Å². The van der Waals surface area contributed by atoms with Crippen LogP contribution in [0.3, 0.4) is 0 Å². The summed E-state index contributed by atoms with van der Waals surface area (Å²) in [6.45, 7) is 6.53. The van der Waals surface area contributed by atoms with Crippen LogP contribution in [-0.2, 0) is 0 Å². The van der Waals surface area contributed by atoms with Crippen LogP contribution in [0.15, 0.2) is 48.7 Å². The average Bonchev–Trinajstić information content (AvgIpc) is 3.49. The fourth-order valence-electron chi connectivity index (χ4n) is 5.56. The van der Waals surface area contributed by atoms with E-state index in [0.717, 1.165) is 21.5 Å². The molecule has 1 saturated heterocycles. The molecule has 32 heavy (non-hydrogen) atoms. The van der Waals surface area contributed by atoms with Gasteiger partial charge in [-0.3, -0.25) is 4.98 Å². The maximum absolute atomic E-state index is 6.38. The first-order chi connectivity index (χ1) is 15.5. The number of benzene rings is 1. The fraction of sp³-hybridized carbons (Fsp3) is 0.385. The van der Waals surface area contributed by atoms with Crippen molar-refractivity contribution in [3.05, 3.63) is 81.9 Å². The van der Waals surface area contributed by atoms with Gasteiger partial charge in [-0.2, -0.15) is 0 Å². The number of aromatic nitrogens is 2. The van der Waals surface area contributed by atoms with Crippen LogP contribution in [0, 0.1) is 20.8 Å². The van der Waals surface area contributed by atoms with E-state index in [9.17, 15) is 0 Å². The summed E-state index contributed by atoms with van der Waals surface area (Å²) in [5.41, 5.74) is 7.10. The SMILES string of the molecule is Cc1ccc(Cl)cc1-n1c(C)cc([C@H]2[C@H](c3ccccn3)NC(=S)N2C2CCCC2)c1C. The molecule has 2 atom stereocenters. The van der Waals surface area contributed by atoms with Crippen LogP contribution in [0.5, 0.6) is 0 Å². The van der Waals surface area contributed by atoms with Crippen molar-refractivity contribution < 1.29 is 0 Å². The predicted molar refractivity (Wildman–Crippen MR) is 135 cm³/mol. The van der Waals surface area contributed by atoms with Gasteiger partial charge in [0.2, 0.25) is 0 Å². The number of halogens is 1. The molecule has 0 unspecified atom stereocenters. The molecule has 1 aliphatic carbocycles. The topological polar surface area (TPSA) is 33.1 Å². The molecule has 1 aliphatic heterocycles. The number of pyridine rings is 1. The van der Waals surface area contributed by atoms with E-state index in [4.69, 9.17) is 28.8 Å². The Balaban J connectivity index is 1.66. The monoisotopic (exact) mass is 464 g/mol. The summed E-state index contributed by atoms with van der Waals surface area (Å²) in [5.74, 6) is 0. The van der Waals surface area contributed by atoms with Crippen LogP contribution in [-0.4, -0.2) is 25.6 Å². The summed E-state index contributed by atoms with van der Waals surface area (Å²) in [5, 5.41) is 5.23. The maximum atomic E-state index is 6.38. The maximum Gasteiger partial charge on any atom is 0.170 e. The highest BCUT2D eigenvalue weighted by Gasteiger charge is 2.44. The second-order valence-electron chi connectivity index (χ2n) is 9.06. The van der Waals surface area contributed by atoms with E-state index in [2.05, 4.69) is 65.9 Å². The van der Waals surface area contributed by atoms with Gasteiger partial charge in [0.25, 0.3) is 0 Å². The first kappa shape index (κ1) is 21.5. The van der Waals surface area contributed by atoms with Crippen LogP contribution in [0.25, 0.3) is 5.69 Å². The zero-order valence-electron chi connectivity index (χ0n) is 18.8. The summed E-state index contributed by atoms with van der Waals surface area (Å²) in [6, 6.07) is 15.2. The lowest BCUT2D eigenvalue weighted by molar-refractivity contribution is 0.245. The predicted octanol–water partition coefficient (Wildman–Crippen LogP) is 6.37. The van der Waals surface area contributed by atoms with E-state index >= 15 is 0 Å². The highest BCUT2D eigenvalue weighted by Crippen LogP contribution is 2.45. The van der Waals surface area contributed by atoms with E-state index < -0.39 is 0 Å². The van der Waals surface area contributed by atoms with Gasteiger partial charge in [-0.1, -0.05) is 36.6 Å². The molecule has 5 rings (SSSR count). The Kier molecular flexibility index (Phi) is 5.72. The molecular formula is C26H29ClN4S. The molecule has 1 N–H and O–H groups in total. The van der Waals surface area contributed by atoms with Crippen molar-refractivity contribution in [3.63, 3.8) is 0 Å².